The maximum Gasteiger partial charge on any atom is 0.416 e. The minimum Gasteiger partial charge on any atom is -0.361 e. The monoisotopic (exact) mass is 552 g/mol. The number of carbonyl (C=O) groups excluding carboxylic acids is 3. The Bertz CT molecular complexity index is 1240. The maximum atomic E-state index is 13.0. The number of aliphatic hydroxyl groups is 2. The van der Waals surface area contributed by atoms with Crippen LogP contribution in [-0.4, -0.2) is 92.3 Å². The molecule has 4 aliphatic heterocycles. The van der Waals surface area contributed by atoms with Crippen molar-refractivity contribution in [1.29, 1.82) is 10.8 Å². The van der Waals surface area contributed by atoms with Crippen molar-refractivity contribution in [3.63, 3.8) is 0 Å². The van der Waals surface area contributed by atoms with Gasteiger partial charge in [0.15, 0.2) is 17.6 Å². The van der Waals surface area contributed by atoms with Gasteiger partial charge in [-0.1, -0.05) is 18.2 Å². The Morgan fingerprint density at radius 3 is 2.51 bits per heavy atom. The topological polar surface area (TPSA) is 194 Å². The predicted molar refractivity (Wildman–Crippen MR) is 127 cm³/mol. The molecule has 0 unspecified atom stereocenters. The highest BCUT2D eigenvalue weighted by Crippen LogP contribution is 2.43. The minimum absolute atomic E-state index is 0.0361. The van der Waals surface area contributed by atoms with Gasteiger partial charge in [-0.3, -0.25) is 30.1 Å². The van der Waals surface area contributed by atoms with Crippen LogP contribution in [0.15, 0.2) is 24.3 Å². The molecule has 3 amide bonds. The van der Waals surface area contributed by atoms with Crippen LogP contribution in [0, 0.1) is 10.8 Å². The van der Waals surface area contributed by atoms with Crippen molar-refractivity contribution in [1.82, 2.24) is 31.1 Å². The third kappa shape index (κ3) is 4.32. The predicted octanol–water partition coefficient (Wildman–Crippen LogP) is -1.63. The van der Waals surface area contributed by atoms with Gasteiger partial charge in [0.25, 0.3) is 0 Å². The zero-order valence-electron chi connectivity index (χ0n) is 20.4. The summed E-state index contributed by atoms with van der Waals surface area (Å²) in [7, 11) is 0. The molecule has 1 aromatic rings. The van der Waals surface area contributed by atoms with Crippen molar-refractivity contribution in [2.24, 2.45) is 0 Å². The van der Waals surface area contributed by atoms with Crippen LogP contribution in [-0.2, 0) is 27.0 Å². The van der Waals surface area contributed by atoms with Crippen molar-refractivity contribution in [2.45, 2.75) is 61.4 Å². The van der Waals surface area contributed by atoms with Gasteiger partial charge in [0, 0.05) is 25.8 Å². The number of aryl methyl sites for hydroxylation is 1. The van der Waals surface area contributed by atoms with Crippen LogP contribution >= 0.6 is 0 Å². The molecule has 0 bridgehead atoms. The Hall–Kier alpha value is -3.92. The fourth-order valence-corrected chi connectivity index (χ4v) is 5.78. The first-order valence-electron chi connectivity index (χ1n) is 12.2. The number of hydrogen-bond acceptors (Lipinski definition) is 7. The highest BCUT2D eigenvalue weighted by atomic mass is 19.4. The van der Waals surface area contributed by atoms with E-state index in [0.29, 0.717) is 0 Å². The van der Waals surface area contributed by atoms with Gasteiger partial charge in [-0.05, 0) is 18.1 Å². The second-order valence-electron chi connectivity index (χ2n) is 10.0. The number of hydrogen-bond donors (Lipinski definition) is 8. The molecule has 8 N–H and O–H groups in total. The van der Waals surface area contributed by atoms with Crippen molar-refractivity contribution in [3.05, 3.63) is 35.4 Å². The Morgan fingerprint density at radius 1 is 1.15 bits per heavy atom. The largest absolute Gasteiger partial charge is 0.416 e. The number of nitrogens with zero attached hydrogens (tertiary/aromatic N) is 2. The molecule has 5 rings (SSSR count). The van der Waals surface area contributed by atoms with Gasteiger partial charge in [-0.25, -0.2) is 0 Å². The van der Waals surface area contributed by atoms with Crippen LogP contribution < -0.4 is 21.3 Å². The molecule has 4 fully saturated rings. The Labute approximate surface area is 219 Å². The van der Waals surface area contributed by atoms with E-state index in [4.69, 9.17) is 10.8 Å². The summed E-state index contributed by atoms with van der Waals surface area (Å²) in [6, 6.07) is 1.27. The van der Waals surface area contributed by atoms with Crippen LogP contribution in [0.3, 0.4) is 0 Å². The van der Waals surface area contributed by atoms with Gasteiger partial charge in [-0.15, -0.1) is 0 Å². The molecule has 4 aliphatic rings. The molecule has 39 heavy (non-hydrogen) atoms. The molecule has 16 heteroatoms. The molecule has 4 saturated heterocycles. The molecular formula is C23H27F3N8O5. The summed E-state index contributed by atoms with van der Waals surface area (Å²) in [6.45, 7) is -0.451. The average molecular weight is 553 g/mol. The third-order valence-electron chi connectivity index (χ3n) is 7.66. The second kappa shape index (κ2) is 9.08. The summed E-state index contributed by atoms with van der Waals surface area (Å²) in [5, 5.41) is 50.2. The first-order chi connectivity index (χ1) is 18.2. The van der Waals surface area contributed by atoms with Crippen LogP contribution in [0.25, 0.3) is 0 Å². The Morgan fingerprint density at radius 2 is 1.85 bits per heavy atom. The van der Waals surface area contributed by atoms with E-state index in [1.807, 2.05) is 0 Å². The highest BCUT2D eigenvalue weighted by Gasteiger charge is 2.74. The van der Waals surface area contributed by atoms with Gasteiger partial charge < -0.3 is 36.4 Å². The van der Waals surface area contributed by atoms with E-state index in [0.717, 1.165) is 17.0 Å². The number of carbonyl (C=O) groups is 3. The lowest BCUT2D eigenvalue weighted by molar-refractivity contribution is -0.233. The van der Waals surface area contributed by atoms with E-state index in [2.05, 4.69) is 21.3 Å². The van der Waals surface area contributed by atoms with E-state index in [-0.39, 0.29) is 56.3 Å². The molecule has 0 aliphatic carbocycles. The second-order valence-corrected chi connectivity index (χ2v) is 10.0. The number of halogens is 3. The number of alkyl halides is 3. The van der Waals surface area contributed by atoms with E-state index in [9.17, 15) is 37.8 Å². The Kier molecular flexibility index (Phi) is 6.21. The third-order valence-corrected chi connectivity index (χ3v) is 7.66. The summed E-state index contributed by atoms with van der Waals surface area (Å²) < 4.78 is 39.0. The summed E-state index contributed by atoms with van der Waals surface area (Å²) >= 11 is 0. The molecule has 4 atom stereocenters. The van der Waals surface area contributed by atoms with E-state index in [1.54, 1.807) is 0 Å². The number of guanidine groups is 2. The number of amides is 3. The average Bonchev–Trinajstić information content (AvgIpc) is 3.45. The standard InChI is InChI=1S/C23H27F3N8O5/c24-23(25,26)12-3-1-2-11(8-12)4-5-15(35)30-14-10-34-20(28)29-13(9-33-16(36)6-7-17(33)37)18-21(34,22(14,38)39)32-19(27)31-18/h1-3,8,13-14,18,38-39H,4-7,9-10H2,(H2,28,29)(H,30,35)(H3,27,31,32)/t13-,14-,18-,21-/m0/s1. The summed E-state index contributed by atoms with van der Waals surface area (Å²) in [4.78, 5) is 39.4. The zero-order chi connectivity index (χ0) is 28.3. The van der Waals surface area contributed by atoms with Crippen LogP contribution in [0.1, 0.15) is 30.4 Å². The van der Waals surface area contributed by atoms with Crippen molar-refractivity contribution in [2.75, 3.05) is 13.1 Å². The summed E-state index contributed by atoms with van der Waals surface area (Å²) in [5.74, 6) is -4.81. The minimum atomic E-state index is -4.53. The highest BCUT2D eigenvalue weighted by molar-refractivity contribution is 6.02. The molecule has 0 radical (unpaired) electrons. The Balaban J connectivity index is 1.33. The van der Waals surface area contributed by atoms with Gasteiger partial charge >= 0.3 is 6.18 Å². The van der Waals surface area contributed by atoms with Crippen molar-refractivity contribution in [3.8, 4) is 0 Å². The lowest BCUT2D eigenvalue weighted by Gasteiger charge is -2.51. The maximum absolute atomic E-state index is 13.0. The van der Waals surface area contributed by atoms with Gasteiger partial charge in [0.2, 0.25) is 23.5 Å². The number of rotatable bonds is 6. The normalized spacial score (nSPS) is 29.5. The lowest BCUT2D eigenvalue weighted by Crippen LogP contribution is -2.81. The van der Waals surface area contributed by atoms with Crippen LogP contribution in [0.2, 0.25) is 0 Å². The van der Waals surface area contributed by atoms with Gasteiger partial charge in [-0.2, -0.15) is 13.2 Å². The number of nitrogens with one attached hydrogen (secondary N) is 6. The molecule has 1 aromatic carbocycles. The molecule has 0 saturated carbocycles. The van der Waals surface area contributed by atoms with Gasteiger partial charge in [0.1, 0.15) is 6.04 Å². The van der Waals surface area contributed by atoms with Crippen LogP contribution in [0.5, 0.6) is 0 Å². The molecule has 210 valence electrons. The smallest absolute Gasteiger partial charge is 0.361 e. The van der Waals surface area contributed by atoms with Crippen molar-refractivity contribution >= 4 is 29.6 Å². The fourth-order valence-electron chi connectivity index (χ4n) is 5.78. The molecule has 4 heterocycles. The molecule has 13 nitrogen and oxygen atoms in total. The van der Waals surface area contributed by atoms with E-state index in [1.165, 1.54) is 17.0 Å². The van der Waals surface area contributed by atoms with Gasteiger partial charge in [0.05, 0.1) is 24.2 Å². The lowest BCUT2D eigenvalue weighted by atomic mass is 9.84. The van der Waals surface area contributed by atoms with E-state index >= 15 is 0 Å². The molecule has 1 spiro atoms. The molecular weight excluding hydrogens is 525 g/mol. The summed E-state index contributed by atoms with van der Waals surface area (Å²) in [6.07, 6.45) is -4.72. The summed E-state index contributed by atoms with van der Waals surface area (Å²) in [5.41, 5.74) is -2.48. The zero-order valence-corrected chi connectivity index (χ0v) is 20.4. The first kappa shape index (κ1) is 26.7. The van der Waals surface area contributed by atoms with E-state index < -0.39 is 59.0 Å². The number of imide groups is 1. The van der Waals surface area contributed by atoms with Crippen molar-refractivity contribution < 1.29 is 37.8 Å². The molecule has 0 aromatic heterocycles. The van der Waals surface area contributed by atoms with Crippen LogP contribution in [0.4, 0.5) is 13.2 Å². The number of benzene rings is 1. The SMILES string of the molecule is N=C1N[C@H]2[C@H](CN3C(=O)CCC3=O)NC(=N)N3C[C@H](NC(=O)CCc4cccc(C(F)(F)F)c4)C(O)(O)[C@]23N1. The number of likely N-dealkylation sites (tertiary alicyclic amines) is 1. The fraction of sp³-hybridized carbons (Fsp3) is 0.522. The quantitative estimate of drug-likeness (QED) is 0.151. The first-order valence-corrected chi connectivity index (χ1v) is 12.2.